The smallest absolute Gasteiger partial charge is 0.433 e. The highest BCUT2D eigenvalue weighted by Gasteiger charge is 2.32. The van der Waals surface area contributed by atoms with E-state index in [9.17, 15) is 26.3 Å². The summed E-state index contributed by atoms with van der Waals surface area (Å²) >= 11 is 0. The van der Waals surface area contributed by atoms with Crippen LogP contribution in [0.4, 0.5) is 26.3 Å². The molecule has 0 N–H and O–H groups in total. The van der Waals surface area contributed by atoms with Crippen molar-refractivity contribution in [2.24, 2.45) is 0 Å². The van der Waals surface area contributed by atoms with Crippen LogP contribution in [0.25, 0.3) is 5.69 Å². The van der Waals surface area contributed by atoms with Crippen LogP contribution in [0.15, 0.2) is 42.6 Å². The molecular formula is C18H14F6N4O. The van der Waals surface area contributed by atoms with Gasteiger partial charge in [0.25, 0.3) is 5.88 Å². The van der Waals surface area contributed by atoms with Gasteiger partial charge in [0.15, 0.2) is 0 Å². The maximum Gasteiger partial charge on any atom is 0.433 e. The van der Waals surface area contributed by atoms with Gasteiger partial charge in [-0.2, -0.15) is 26.3 Å². The molecule has 2 heterocycles. The Morgan fingerprint density at radius 1 is 0.931 bits per heavy atom. The van der Waals surface area contributed by atoms with E-state index in [1.54, 1.807) is 6.92 Å². The fourth-order valence-electron chi connectivity index (χ4n) is 2.51. The second-order valence-corrected chi connectivity index (χ2v) is 5.94. The Kier molecular flexibility index (Phi) is 5.49. The Morgan fingerprint density at radius 3 is 2.21 bits per heavy atom. The van der Waals surface area contributed by atoms with Crippen LogP contribution < -0.4 is 4.74 Å². The van der Waals surface area contributed by atoms with Gasteiger partial charge in [-0.3, -0.25) is 4.98 Å². The SMILES string of the molecule is CCOc1nn(-c2ccc(C(F)(F)F)cc2)nc1Cc1ccnc(C(F)(F)F)c1. The molecule has 1 aromatic carbocycles. The normalized spacial score (nSPS) is 12.2. The number of benzene rings is 1. The van der Waals surface area contributed by atoms with E-state index in [-0.39, 0.29) is 35.9 Å². The van der Waals surface area contributed by atoms with Gasteiger partial charge in [-0.15, -0.1) is 15.0 Å². The molecule has 5 nitrogen and oxygen atoms in total. The third-order valence-corrected chi connectivity index (χ3v) is 3.84. The van der Waals surface area contributed by atoms with Gasteiger partial charge < -0.3 is 4.74 Å². The van der Waals surface area contributed by atoms with Crippen molar-refractivity contribution in [1.82, 2.24) is 20.0 Å². The number of alkyl halides is 6. The van der Waals surface area contributed by atoms with E-state index in [2.05, 4.69) is 15.2 Å². The summed E-state index contributed by atoms with van der Waals surface area (Å²) in [5, 5.41) is 8.27. The minimum atomic E-state index is -4.59. The lowest BCUT2D eigenvalue weighted by Gasteiger charge is -2.07. The molecule has 0 amide bonds. The third-order valence-electron chi connectivity index (χ3n) is 3.84. The zero-order chi connectivity index (χ0) is 21.2. The summed E-state index contributed by atoms with van der Waals surface area (Å²) in [7, 11) is 0. The highest BCUT2D eigenvalue weighted by atomic mass is 19.4. The Hall–Kier alpha value is -3.11. The summed E-state index contributed by atoms with van der Waals surface area (Å²) in [5.41, 5.74) is -1.09. The Balaban J connectivity index is 1.91. The maximum atomic E-state index is 12.8. The second kappa shape index (κ2) is 7.72. The molecule has 154 valence electrons. The number of halogens is 6. The van der Waals surface area contributed by atoms with E-state index in [1.165, 1.54) is 18.2 Å². The van der Waals surface area contributed by atoms with E-state index in [1.807, 2.05) is 0 Å². The van der Waals surface area contributed by atoms with Crippen LogP contribution in [0.5, 0.6) is 5.88 Å². The number of rotatable bonds is 5. The number of hydrogen-bond donors (Lipinski definition) is 0. The van der Waals surface area contributed by atoms with Crippen LogP contribution in [0, 0.1) is 0 Å². The topological polar surface area (TPSA) is 52.8 Å². The highest BCUT2D eigenvalue weighted by Crippen LogP contribution is 2.30. The quantitative estimate of drug-likeness (QED) is 0.567. The van der Waals surface area contributed by atoms with E-state index in [0.29, 0.717) is 0 Å². The second-order valence-electron chi connectivity index (χ2n) is 5.94. The van der Waals surface area contributed by atoms with Gasteiger partial charge in [-0.05, 0) is 48.9 Å². The first-order valence-electron chi connectivity index (χ1n) is 8.36. The molecule has 3 rings (SSSR count). The lowest BCUT2D eigenvalue weighted by Crippen LogP contribution is -2.08. The van der Waals surface area contributed by atoms with Crippen LogP contribution >= 0.6 is 0 Å². The molecular weight excluding hydrogens is 402 g/mol. The van der Waals surface area contributed by atoms with Gasteiger partial charge in [0, 0.05) is 12.6 Å². The van der Waals surface area contributed by atoms with Crippen LogP contribution in [-0.4, -0.2) is 26.6 Å². The number of pyridine rings is 1. The van der Waals surface area contributed by atoms with Crippen molar-refractivity contribution < 1.29 is 31.1 Å². The van der Waals surface area contributed by atoms with E-state index < -0.39 is 23.6 Å². The summed E-state index contributed by atoms with van der Waals surface area (Å²) in [5.74, 6) is 0.0813. The fourth-order valence-corrected chi connectivity index (χ4v) is 2.51. The first-order valence-corrected chi connectivity index (χ1v) is 8.36. The zero-order valence-corrected chi connectivity index (χ0v) is 14.9. The predicted molar refractivity (Wildman–Crippen MR) is 89.6 cm³/mol. The van der Waals surface area contributed by atoms with Crippen molar-refractivity contribution >= 4 is 0 Å². The first kappa shape index (κ1) is 20.6. The minimum Gasteiger partial charge on any atom is -0.476 e. The molecule has 0 spiro atoms. The highest BCUT2D eigenvalue weighted by molar-refractivity contribution is 5.36. The average Bonchev–Trinajstić information content (AvgIpc) is 3.03. The van der Waals surface area contributed by atoms with Crippen molar-refractivity contribution in [1.29, 1.82) is 0 Å². The van der Waals surface area contributed by atoms with Gasteiger partial charge in [0.2, 0.25) is 0 Å². The number of nitrogens with zero attached hydrogens (tertiary/aromatic N) is 4. The predicted octanol–water partition coefficient (Wildman–Crippen LogP) is 4.69. The largest absolute Gasteiger partial charge is 0.476 e. The molecule has 0 bridgehead atoms. The number of ether oxygens (including phenoxy) is 1. The average molecular weight is 416 g/mol. The van der Waals surface area contributed by atoms with Gasteiger partial charge in [-0.1, -0.05) is 0 Å². The van der Waals surface area contributed by atoms with Crippen molar-refractivity contribution in [2.45, 2.75) is 25.7 Å². The molecule has 0 radical (unpaired) electrons. The van der Waals surface area contributed by atoms with Crippen molar-refractivity contribution in [2.75, 3.05) is 6.61 Å². The molecule has 0 saturated carbocycles. The molecule has 0 aliphatic rings. The maximum absolute atomic E-state index is 12.8. The Bertz CT molecular complexity index is 979. The van der Waals surface area contributed by atoms with Crippen LogP contribution in [0.2, 0.25) is 0 Å². The molecule has 11 heteroatoms. The van der Waals surface area contributed by atoms with Crippen molar-refractivity contribution in [3.8, 4) is 11.6 Å². The van der Waals surface area contributed by atoms with Crippen molar-refractivity contribution in [3.63, 3.8) is 0 Å². The Morgan fingerprint density at radius 2 is 1.62 bits per heavy atom. The van der Waals surface area contributed by atoms with Gasteiger partial charge in [-0.25, -0.2) is 0 Å². The molecule has 0 atom stereocenters. The third kappa shape index (κ3) is 4.84. The summed E-state index contributed by atoms with van der Waals surface area (Å²) in [4.78, 5) is 4.38. The lowest BCUT2D eigenvalue weighted by molar-refractivity contribution is -0.141. The monoisotopic (exact) mass is 416 g/mol. The van der Waals surface area contributed by atoms with Crippen LogP contribution in [-0.2, 0) is 18.8 Å². The molecule has 0 unspecified atom stereocenters. The Labute approximate surface area is 160 Å². The van der Waals surface area contributed by atoms with Gasteiger partial charge in [0.05, 0.1) is 17.9 Å². The van der Waals surface area contributed by atoms with E-state index >= 15 is 0 Å². The zero-order valence-electron chi connectivity index (χ0n) is 14.9. The minimum absolute atomic E-state index is 0.0262. The number of aromatic nitrogens is 4. The number of hydrogen-bond acceptors (Lipinski definition) is 4. The molecule has 0 fully saturated rings. The molecule has 0 aliphatic carbocycles. The fraction of sp³-hybridized carbons (Fsp3) is 0.278. The summed E-state index contributed by atoms with van der Waals surface area (Å²) in [6.45, 7) is 1.91. The van der Waals surface area contributed by atoms with Gasteiger partial charge >= 0.3 is 12.4 Å². The molecule has 2 aromatic heterocycles. The summed E-state index contributed by atoms with van der Waals surface area (Å²) < 4.78 is 82.0. The first-order chi connectivity index (χ1) is 13.6. The van der Waals surface area contributed by atoms with Crippen LogP contribution in [0.3, 0.4) is 0 Å². The lowest BCUT2D eigenvalue weighted by atomic mass is 10.1. The van der Waals surface area contributed by atoms with Crippen LogP contribution in [0.1, 0.15) is 29.4 Å². The molecule has 29 heavy (non-hydrogen) atoms. The summed E-state index contributed by atoms with van der Waals surface area (Å²) in [6.07, 6.45) is -8.05. The summed E-state index contributed by atoms with van der Waals surface area (Å²) in [6, 6.07) is 6.45. The van der Waals surface area contributed by atoms with E-state index in [4.69, 9.17) is 4.74 Å². The molecule has 0 saturated heterocycles. The standard InChI is InChI=1S/C18H14F6N4O/c1-2-29-16-14(9-11-7-8-25-15(10-11)18(22,23)24)26-28(27-16)13-5-3-12(4-6-13)17(19,20)21/h3-8,10H,2,9H2,1H3. The van der Waals surface area contributed by atoms with E-state index in [0.717, 1.165) is 29.2 Å². The molecule has 3 aromatic rings. The van der Waals surface area contributed by atoms with Crippen molar-refractivity contribution in [3.05, 3.63) is 65.1 Å². The van der Waals surface area contributed by atoms with Gasteiger partial charge in [0.1, 0.15) is 11.4 Å². The molecule has 0 aliphatic heterocycles.